The average Bonchev–Trinajstić information content (AvgIpc) is 2.61. The zero-order valence-corrected chi connectivity index (χ0v) is 9.49. The number of hydrogen-bond acceptors (Lipinski definition) is 2. The summed E-state index contributed by atoms with van der Waals surface area (Å²) < 4.78 is 5.52. The zero-order valence-electron chi connectivity index (χ0n) is 9.49. The number of benzene rings is 1. The van der Waals surface area contributed by atoms with E-state index in [4.69, 9.17) is 4.74 Å². The van der Waals surface area contributed by atoms with E-state index in [0.717, 1.165) is 19.6 Å². The van der Waals surface area contributed by atoms with Crippen LogP contribution in [-0.4, -0.2) is 18.8 Å². The summed E-state index contributed by atoms with van der Waals surface area (Å²) in [6.45, 7) is 6.11. The van der Waals surface area contributed by atoms with Gasteiger partial charge in [0.25, 0.3) is 0 Å². The Morgan fingerprint density at radius 1 is 1.47 bits per heavy atom. The lowest BCUT2D eigenvalue weighted by Gasteiger charge is -2.16. The highest BCUT2D eigenvalue weighted by atomic mass is 16.5. The maximum absolute atomic E-state index is 5.52. The molecule has 2 unspecified atom stereocenters. The van der Waals surface area contributed by atoms with Gasteiger partial charge in [0.15, 0.2) is 0 Å². The fourth-order valence-corrected chi connectivity index (χ4v) is 2.07. The van der Waals surface area contributed by atoms with Crippen molar-refractivity contribution in [2.24, 2.45) is 0 Å². The van der Waals surface area contributed by atoms with Gasteiger partial charge in [0.05, 0.1) is 6.10 Å². The first-order valence-corrected chi connectivity index (χ1v) is 5.66. The van der Waals surface area contributed by atoms with Gasteiger partial charge < -0.3 is 10.1 Å². The van der Waals surface area contributed by atoms with Gasteiger partial charge in [-0.2, -0.15) is 0 Å². The lowest BCUT2D eigenvalue weighted by atomic mass is 10.1. The molecule has 0 bridgehead atoms. The predicted molar refractivity (Wildman–Crippen MR) is 61.8 cm³/mol. The third-order valence-electron chi connectivity index (χ3n) is 3.03. The standard InChI is InChI=1S/C13H19NO/c1-10-4-3-5-12(8-10)9-14-13-6-7-15-11(13)2/h3-5,8,11,13-14H,6-7,9H2,1-2H3. The third kappa shape index (κ3) is 2.80. The van der Waals surface area contributed by atoms with Crippen LogP contribution < -0.4 is 5.32 Å². The molecule has 0 spiro atoms. The van der Waals surface area contributed by atoms with E-state index >= 15 is 0 Å². The van der Waals surface area contributed by atoms with Crippen LogP contribution in [0.5, 0.6) is 0 Å². The average molecular weight is 205 g/mol. The SMILES string of the molecule is Cc1cccc(CNC2CCOC2C)c1. The molecule has 1 saturated heterocycles. The van der Waals surface area contributed by atoms with E-state index < -0.39 is 0 Å². The molecular formula is C13H19NO. The normalized spacial score (nSPS) is 25.7. The van der Waals surface area contributed by atoms with Crippen LogP contribution in [0.15, 0.2) is 24.3 Å². The Morgan fingerprint density at radius 3 is 3.00 bits per heavy atom. The number of ether oxygens (including phenoxy) is 1. The van der Waals surface area contributed by atoms with E-state index in [1.807, 2.05) is 0 Å². The molecule has 2 atom stereocenters. The summed E-state index contributed by atoms with van der Waals surface area (Å²) in [5.74, 6) is 0. The minimum Gasteiger partial charge on any atom is -0.377 e. The molecular weight excluding hydrogens is 186 g/mol. The van der Waals surface area contributed by atoms with Crippen molar-refractivity contribution >= 4 is 0 Å². The molecule has 1 aromatic carbocycles. The molecule has 1 aliphatic heterocycles. The molecule has 0 radical (unpaired) electrons. The van der Waals surface area contributed by atoms with Crippen LogP contribution in [-0.2, 0) is 11.3 Å². The second-order valence-corrected chi connectivity index (χ2v) is 4.34. The van der Waals surface area contributed by atoms with Crippen molar-refractivity contribution in [1.82, 2.24) is 5.32 Å². The molecule has 0 aromatic heterocycles. The van der Waals surface area contributed by atoms with E-state index in [1.54, 1.807) is 0 Å². The smallest absolute Gasteiger partial charge is 0.0700 e. The topological polar surface area (TPSA) is 21.3 Å². The Kier molecular flexibility index (Phi) is 3.39. The molecule has 1 aromatic rings. The highest BCUT2D eigenvalue weighted by Crippen LogP contribution is 2.13. The number of rotatable bonds is 3. The maximum atomic E-state index is 5.52. The van der Waals surface area contributed by atoms with Gasteiger partial charge in [-0.05, 0) is 25.8 Å². The molecule has 0 amide bonds. The summed E-state index contributed by atoms with van der Waals surface area (Å²) in [7, 11) is 0. The molecule has 1 fully saturated rings. The van der Waals surface area contributed by atoms with Crippen molar-refractivity contribution in [3.05, 3.63) is 35.4 Å². The van der Waals surface area contributed by atoms with Gasteiger partial charge in [0.1, 0.15) is 0 Å². The van der Waals surface area contributed by atoms with Gasteiger partial charge in [0, 0.05) is 19.2 Å². The van der Waals surface area contributed by atoms with Crippen LogP contribution in [0.1, 0.15) is 24.5 Å². The molecule has 1 aliphatic rings. The van der Waals surface area contributed by atoms with Gasteiger partial charge in [0.2, 0.25) is 0 Å². The highest BCUT2D eigenvalue weighted by Gasteiger charge is 2.23. The Bertz CT molecular complexity index is 324. The Hall–Kier alpha value is -0.860. The molecule has 0 saturated carbocycles. The van der Waals surface area contributed by atoms with E-state index in [0.29, 0.717) is 12.1 Å². The molecule has 1 N–H and O–H groups in total. The molecule has 1 heterocycles. The summed E-state index contributed by atoms with van der Waals surface area (Å²) in [5, 5.41) is 3.55. The minimum absolute atomic E-state index is 0.356. The minimum atomic E-state index is 0.356. The summed E-state index contributed by atoms with van der Waals surface area (Å²) in [6, 6.07) is 9.16. The summed E-state index contributed by atoms with van der Waals surface area (Å²) >= 11 is 0. The number of nitrogens with one attached hydrogen (secondary N) is 1. The summed E-state index contributed by atoms with van der Waals surface area (Å²) in [4.78, 5) is 0. The van der Waals surface area contributed by atoms with Crippen LogP contribution in [0.25, 0.3) is 0 Å². The van der Waals surface area contributed by atoms with Gasteiger partial charge >= 0.3 is 0 Å². The highest BCUT2D eigenvalue weighted by molar-refractivity contribution is 5.22. The second-order valence-electron chi connectivity index (χ2n) is 4.34. The molecule has 82 valence electrons. The maximum Gasteiger partial charge on any atom is 0.0700 e. The van der Waals surface area contributed by atoms with Crippen molar-refractivity contribution in [1.29, 1.82) is 0 Å². The van der Waals surface area contributed by atoms with E-state index in [9.17, 15) is 0 Å². The first-order chi connectivity index (χ1) is 7.25. The zero-order chi connectivity index (χ0) is 10.7. The van der Waals surface area contributed by atoms with Crippen LogP contribution in [0.4, 0.5) is 0 Å². The molecule has 2 rings (SSSR count). The molecule has 0 aliphatic carbocycles. The van der Waals surface area contributed by atoms with Crippen LogP contribution in [0.2, 0.25) is 0 Å². The van der Waals surface area contributed by atoms with E-state index in [2.05, 4.69) is 43.4 Å². The Morgan fingerprint density at radius 2 is 2.33 bits per heavy atom. The Labute approximate surface area is 91.6 Å². The van der Waals surface area contributed by atoms with Gasteiger partial charge in [-0.25, -0.2) is 0 Å². The largest absolute Gasteiger partial charge is 0.377 e. The first-order valence-electron chi connectivity index (χ1n) is 5.66. The van der Waals surface area contributed by atoms with Crippen molar-refractivity contribution in [2.45, 2.75) is 39.0 Å². The predicted octanol–water partition coefficient (Wildman–Crippen LogP) is 2.26. The lowest BCUT2D eigenvalue weighted by molar-refractivity contribution is 0.113. The van der Waals surface area contributed by atoms with Crippen LogP contribution in [0, 0.1) is 6.92 Å². The lowest BCUT2D eigenvalue weighted by Crippen LogP contribution is -2.34. The number of aryl methyl sites for hydroxylation is 1. The molecule has 15 heavy (non-hydrogen) atoms. The monoisotopic (exact) mass is 205 g/mol. The van der Waals surface area contributed by atoms with Gasteiger partial charge in [-0.3, -0.25) is 0 Å². The first kappa shape index (κ1) is 10.7. The number of hydrogen-bond donors (Lipinski definition) is 1. The second kappa shape index (κ2) is 4.77. The van der Waals surface area contributed by atoms with Crippen LogP contribution >= 0.6 is 0 Å². The van der Waals surface area contributed by atoms with Crippen molar-refractivity contribution in [3.63, 3.8) is 0 Å². The quantitative estimate of drug-likeness (QED) is 0.817. The van der Waals surface area contributed by atoms with Crippen molar-refractivity contribution < 1.29 is 4.74 Å². The third-order valence-corrected chi connectivity index (χ3v) is 3.03. The molecule has 2 heteroatoms. The van der Waals surface area contributed by atoms with Gasteiger partial charge in [-0.15, -0.1) is 0 Å². The molecule has 2 nitrogen and oxygen atoms in total. The fraction of sp³-hybridized carbons (Fsp3) is 0.538. The summed E-state index contributed by atoms with van der Waals surface area (Å²) in [6.07, 6.45) is 1.49. The van der Waals surface area contributed by atoms with E-state index in [1.165, 1.54) is 11.1 Å². The van der Waals surface area contributed by atoms with Gasteiger partial charge in [-0.1, -0.05) is 29.8 Å². The Balaban J connectivity index is 1.87. The fourth-order valence-electron chi connectivity index (χ4n) is 2.07. The van der Waals surface area contributed by atoms with Crippen molar-refractivity contribution in [2.75, 3.05) is 6.61 Å². The summed E-state index contributed by atoms with van der Waals surface area (Å²) in [5.41, 5.74) is 2.68. The van der Waals surface area contributed by atoms with Crippen LogP contribution in [0.3, 0.4) is 0 Å². The van der Waals surface area contributed by atoms with Crippen molar-refractivity contribution in [3.8, 4) is 0 Å². The van der Waals surface area contributed by atoms with E-state index in [-0.39, 0.29) is 0 Å².